The van der Waals surface area contributed by atoms with E-state index in [9.17, 15) is 43.2 Å². The molecule has 0 aromatic carbocycles. The molecule has 0 aliphatic heterocycles. The lowest BCUT2D eigenvalue weighted by molar-refractivity contribution is -0.161. The predicted octanol–water partition coefficient (Wildman–Crippen LogP) is 17.3. The molecule has 19 heteroatoms. The molecule has 0 saturated carbocycles. The Bertz CT molecular complexity index is 1620. The third kappa shape index (κ3) is 55.9. The fourth-order valence-electron chi connectivity index (χ4n) is 9.32. The molecule has 0 aliphatic carbocycles. The summed E-state index contributed by atoms with van der Waals surface area (Å²) < 4.78 is 67.8. The molecule has 6 atom stereocenters. The van der Waals surface area contributed by atoms with Crippen molar-refractivity contribution in [2.24, 2.45) is 11.8 Å². The highest BCUT2D eigenvalue weighted by molar-refractivity contribution is 7.47. The van der Waals surface area contributed by atoms with Crippen molar-refractivity contribution in [1.29, 1.82) is 0 Å². The molecule has 0 rings (SSSR count). The van der Waals surface area contributed by atoms with Gasteiger partial charge < -0.3 is 33.8 Å². The van der Waals surface area contributed by atoms with Gasteiger partial charge in [0.15, 0.2) is 12.2 Å². The number of rotatable bonds is 62. The number of unbranched alkanes of at least 4 members (excludes halogenated alkanes) is 31. The van der Waals surface area contributed by atoms with Crippen LogP contribution in [0.4, 0.5) is 0 Å². The van der Waals surface area contributed by atoms with Crippen molar-refractivity contribution in [2.45, 2.75) is 330 Å². The van der Waals surface area contributed by atoms with Crippen LogP contribution in [0, 0.1) is 11.8 Å². The van der Waals surface area contributed by atoms with E-state index in [2.05, 4.69) is 41.5 Å². The van der Waals surface area contributed by atoms with Crippen molar-refractivity contribution in [3.63, 3.8) is 0 Å². The Morgan fingerprint density at radius 1 is 0.354 bits per heavy atom. The maximum absolute atomic E-state index is 13.0. The minimum Gasteiger partial charge on any atom is -0.462 e. The van der Waals surface area contributed by atoms with E-state index in [0.717, 1.165) is 121 Å². The fourth-order valence-corrected chi connectivity index (χ4v) is 10.9. The first-order valence-corrected chi connectivity index (χ1v) is 36.0. The van der Waals surface area contributed by atoms with Gasteiger partial charge in [0.25, 0.3) is 0 Å². The zero-order valence-electron chi connectivity index (χ0n) is 52.8. The summed E-state index contributed by atoms with van der Waals surface area (Å²) in [6.07, 6.45) is 37.7. The summed E-state index contributed by atoms with van der Waals surface area (Å²) in [5.74, 6) is -0.587. The number of ether oxygens (including phenoxy) is 4. The normalized spacial score (nSPS) is 14.7. The highest BCUT2D eigenvalue weighted by Gasteiger charge is 2.30. The molecule has 3 unspecified atom stereocenters. The van der Waals surface area contributed by atoms with Crippen LogP contribution < -0.4 is 0 Å². The Morgan fingerprint density at radius 3 is 0.927 bits per heavy atom. The van der Waals surface area contributed by atoms with Gasteiger partial charge in [-0.25, -0.2) is 9.13 Å². The van der Waals surface area contributed by atoms with Crippen molar-refractivity contribution >= 4 is 39.5 Å². The zero-order chi connectivity index (χ0) is 60.8. The van der Waals surface area contributed by atoms with Crippen molar-refractivity contribution < 1.29 is 80.2 Å². The second-order valence-electron chi connectivity index (χ2n) is 23.5. The second kappa shape index (κ2) is 55.6. The minimum absolute atomic E-state index is 0.104. The molecule has 0 amide bonds. The quantitative estimate of drug-likeness (QED) is 0.0222. The molecule has 0 aliphatic rings. The minimum atomic E-state index is -4.94. The molecular weight excluding hydrogens is 1090 g/mol. The highest BCUT2D eigenvalue weighted by atomic mass is 31.2. The Balaban J connectivity index is 5.20. The molecule has 0 radical (unpaired) electrons. The van der Waals surface area contributed by atoms with Crippen LogP contribution in [0.15, 0.2) is 0 Å². The Hall–Kier alpha value is -1.94. The topological polar surface area (TPSA) is 237 Å². The summed E-state index contributed by atoms with van der Waals surface area (Å²) >= 11 is 0. The van der Waals surface area contributed by atoms with Gasteiger partial charge >= 0.3 is 39.5 Å². The van der Waals surface area contributed by atoms with Crippen molar-refractivity contribution in [1.82, 2.24) is 0 Å². The van der Waals surface area contributed by atoms with Crippen molar-refractivity contribution in [2.75, 3.05) is 39.6 Å². The van der Waals surface area contributed by atoms with Gasteiger partial charge in [-0.1, -0.05) is 260 Å². The number of hydrogen-bond acceptors (Lipinski definition) is 15. The average Bonchev–Trinajstić information content (AvgIpc) is 3.45. The molecule has 0 spiro atoms. The Labute approximate surface area is 498 Å². The summed E-state index contributed by atoms with van der Waals surface area (Å²) in [6.45, 7) is 9.43. The molecule has 0 heterocycles. The summed E-state index contributed by atoms with van der Waals surface area (Å²) in [6, 6.07) is 0. The molecule has 0 aromatic rings. The molecule has 486 valence electrons. The largest absolute Gasteiger partial charge is 0.472 e. The van der Waals surface area contributed by atoms with Crippen LogP contribution in [0.5, 0.6) is 0 Å². The van der Waals surface area contributed by atoms with Gasteiger partial charge in [0.1, 0.15) is 19.3 Å². The highest BCUT2D eigenvalue weighted by Crippen LogP contribution is 2.45. The van der Waals surface area contributed by atoms with Crippen LogP contribution in [0.1, 0.15) is 311 Å². The lowest BCUT2D eigenvalue weighted by atomic mass is 9.99. The first-order chi connectivity index (χ1) is 39.4. The first kappa shape index (κ1) is 80.1. The van der Waals surface area contributed by atoms with E-state index in [-0.39, 0.29) is 25.7 Å². The van der Waals surface area contributed by atoms with E-state index in [1.165, 1.54) is 109 Å². The molecule has 82 heavy (non-hydrogen) atoms. The number of hydrogen-bond donors (Lipinski definition) is 3. The van der Waals surface area contributed by atoms with E-state index in [0.29, 0.717) is 25.7 Å². The summed E-state index contributed by atoms with van der Waals surface area (Å²) in [5.41, 5.74) is 0. The van der Waals surface area contributed by atoms with Crippen LogP contribution in [0.3, 0.4) is 0 Å². The predicted molar refractivity (Wildman–Crippen MR) is 326 cm³/mol. The molecular formula is C63H122O17P2. The van der Waals surface area contributed by atoms with Gasteiger partial charge in [0.2, 0.25) is 0 Å². The maximum atomic E-state index is 13.0. The molecule has 0 fully saturated rings. The molecule has 17 nitrogen and oxygen atoms in total. The van der Waals surface area contributed by atoms with Gasteiger partial charge in [-0.2, -0.15) is 0 Å². The number of carbonyl (C=O) groups is 4. The Kier molecular flexibility index (Phi) is 54.3. The molecule has 0 saturated heterocycles. The van der Waals surface area contributed by atoms with Crippen LogP contribution in [-0.2, 0) is 65.4 Å². The van der Waals surface area contributed by atoms with Crippen molar-refractivity contribution in [3.8, 4) is 0 Å². The van der Waals surface area contributed by atoms with Crippen LogP contribution in [-0.4, -0.2) is 96.7 Å². The second-order valence-corrected chi connectivity index (χ2v) is 26.4. The van der Waals surface area contributed by atoms with Gasteiger partial charge in [-0.15, -0.1) is 0 Å². The van der Waals surface area contributed by atoms with Crippen molar-refractivity contribution in [3.05, 3.63) is 0 Å². The summed E-state index contributed by atoms with van der Waals surface area (Å²) in [4.78, 5) is 72.0. The van der Waals surface area contributed by atoms with Gasteiger partial charge in [-0.3, -0.25) is 37.3 Å². The standard InChI is InChI=1S/C63H122O17P2/c1-7-10-12-14-16-28-35-41-47-62(67)79-58(51-73-60(65)45-39-33-25-15-13-11-8-2)53-77-81(69,70)75-49-57(64)50-76-82(71,72)78-54-59(52-74-61(66)46-40-34-29-24-23-27-32-38-44-56(6)9-3)80-63(68)48-42-36-30-22-20-18-17-19-21-26-31-37-43-55(4)5/h55-59,64H,7-54H2,1-6H3,(H,69,70)(H,71,72)/t56?,57-,58+,59+/m0/s1. The SMILES string of the molecule is CCCCCCCCCCC(=O)O[C@H](COC(=O)CCCCCCCCC)COP(=O)(O)OC[C@H](O)COP(=O)(O)OC[C@@H](COC(=O)CCCCCCCCCCC(C)CC)OC(=O)CCCCCCCCCCCCCCC(C)C. The maximum Gasteiger partial charge on any atom is 0.472 e. The molecule has 3 N–H and O–H groups in total. The number of esters is 4. The number of phosphoric ester groups is 2. The van der Waals surface area contributed by atoms with Crippen LogP contribution >= 0.6 is 15.6 Å². The zero-order valence-corrected chi connectivity index (χ0v) is 54.6. The first-order valence-electron chi connectivity index (χ1n) is 33.0. The fraction of sp³-hybridized carbons (Fsp3) is 0.937. The third-order valence-electron chi connectivity index (χ3n) is 14.8. The van der Waals surface area contributed by atoms with Gasteiger partial charge in [0.05, 0.1) is 26.4 Å². The molecule has 0 aromatic heterocycles. The number of phosphoric acid groups is 2. The van der Waals surface area contributed by atoms with E-state index in [1.807, 2.05) is 0 Å². The van der Waals surface area contributed by atoms with E-state index in [4.69, 9.17) is 37.0 Å². The van der Waals surface area contributed by atoms with E-state index in [1.54, 1.807) is 0 Å². The van der Waals surface area contributed by atoms with Crippen LogP contribution in [0.2, 0.25) is 0 Å². The summed E-state index contributed by atoms with van der Waals surface area (Å²) in [7, 11) is -9.88. The van der Waals surface area contributed by atoms with E-state index < -0.39 is 97.5 Å². The smallest absolute Gasteiger partial charge is 0.462 e. The molecule has 0 bridgehead atoms. The van der Waals surface area contributed by atoms with Crippen LogP contribution in [0.25, 0.3) is 0 Å². The summed E-state index contributed by atoms with van der Waals surface area (Å²) in [5, 5.41) is 10.5. The third-order valence-corrected chi connectivity index (χ3v) is 16.7. The van der Waals surface area contributed by atoms with Gasteiger partial charge in [-0.05, 0) is 37.5 Å². The van der Waals surface area contributed by atoms with E-state index >= 15 is 0 Å². The number of carbonyl (C=O) groups excluding carboxylic acids is 4. The lowest BCUT2D eigenvalue weighted by Gasteiger charge is -2.21. The van der Waals surface area contributed by atoms with Gasteiger partial charge in [0, 0.05) is 25.7 Å². The lowest BCUT2D eigenvalue weighted by Crippen LogP contribution is -2.30. The Morgan fingerprint density at radius 2 is 0.622 bits per heavy atom. The average molecular weight is 1210 g/mol. The number of aliphatic hydroxyl groups excluding tert-OH is 1. The monoisotopic (exact) mass is 1210 g/mol. The number of aliphatic hydroxyl groups is 1.